The van der Waals surface area contributed by atoms with Crippen molar-refractivity contribution in [3.63, 3.8) is 0 Å². The summed E-state index contributed by atoms with van der Waals surface area (Å²) in [6.45, 7) is 8.62. The van der Waals surface area contributed by atoms with Crippen LogP contribution in [0.2, 0.25) is 0 Å². The molecule has 1 aliphatic rings. The van der Waals surface area contributed by atoms with Crippen molar-refractivity contribution >= 4 is 16.9 Å². The van der Waals surface area contributed by atoms with Crippen molar-refractivity contribution in [1.29, 1.82) is 0 Å². The van der Waals surface area contributed by atoms with Gasteiger partial charge in [-0.25, -0.2) is 4.39 Å². The summed E-state index contributed by atoms with van der Waals surface area (Å²) in [6.07, 6.45) is 1.17. The van der Waals surface area contributed by atoms with Gasteiger partial charge in [-0.2, -0.15) is 0 Å². The highest BCUT2D eigenvalue weighted by molar-refractivity contribution is 8.14. The van der Waals surface area contributed by atoms with E-state index in [1.54, 1.807) is 25.6 Å². The summed E-state index contributed by atoms with van der Waals surface area (Å²) in [7, 11) is 0. The van der Waals surface area contributed by atoms with Crippen LogP contribution < -0.4 is 5.32 Å². The van der Waals surface area contributed by atoms with Crippen molar-refractivity contribution in [2.45, 2.75) is 52.0 Å². The van der Waals surface area contributed by atoms with E-state index in [4.69, 9.17) is 0 Å². The summed E-state index contributed by atoms with van der Waals surface area (Å²) in [6, 6.07) is 4.24. The van der Waals surface area contributed by atoms with Gasteiger partial charge in [0.15, 0.2) is 5.17 Å². The highest BCUT2D eigenvalue weighted by Crippen LogP contribution is 2.23. The molecule has 19 heavy (non-hydrogen) atoms. The van der Waals surface area contributed by atoms with Crippen LogP contribution in [0.1, 0.15) is 37.0 Å². The average molecular weight is 280 g/mol. The number of benzene rings is 1. The molecule has 2 rings (SSSR count). The molecule has 104 valence electrons. The van der Waals surface area contributed by atoms with Crippen LogP contribution in [0.25, 0.3) is 0 Å². The number of halogens is 1. The molecule has 2 atom stereocenters. The van der Waals surface area contributed by atoms with Gasteiger partial charge in [0.05, 0.1) is 6.54 Å². The molecule has 1 aromatic carbocycles. The number of aryl methyl sites for hydroxylation is 2. The largest absolute Gasteiger partial charge is 0.362 e. The predicted molar refractivity (Wildman–Crippen MR) is 81.3 cm³/mol. The third kappa shape index (κ3) is 3.72. The summed E-state index contributed by atoms with van der Waals surface area (Å²) >= 11 is 1.79. The summed E-state index contributed by atoms with van der Waals surface area (Å²) in [4.78, 5) is 4.61. The van der Waals surface area contributed by atoms with Gasteiger partial charge in [0.1, 0.15) is 5.82 Å². The number of hydrogen-bond donors (Lipinski definition) is 1. The zero-order chi connectivity index (χ0) is 14.0. The number of rotatable bonds is 2. The van der Waals surface area contributed by atoms with Crippen molar-refractivity contribution in [3.8, 4) is 0 Å². The lowest BCUT2D eigenvalue weighted by atomic mass is 10.1. The first-order valence-corrected chi connectivity index (χ1v) is 7.57. The Kier molecular flexibility index (Phi) is 4.50. The molecular weight excluding hydrogens is 259 g/mol. The molecule has 1 fully saturated rings. The summed E-state index contributed by atoms with van der Waals surface area (Å²) < 4.78 is 13.6. The van der Waals surface area contributed by atoms with Crippen LogP contribution in [0.5, 0.6) is 0 Å². The maximum Gasteiger partial charge on any atom is 0.157 e. The lowest BCUT2D eigenvalue weighted by molar-refractivity contribution is 0.597. The van der Waals surface area contributed by atoms with E-state index in [1.807, 2.05) is 12.1 Å². The monoisotopic (exact) mass is 280 g/mol. The van der Waals surface area contributed by atoms with Gasteiger partial charge in [-0.05, 0) is 43.9 Å². The number of amidine groups is 1. The molecule has 4 heteroatoms. The summed E-state index contributed by atoms with van der Waals surface area (Å²) in [5.74, 6) is -0.108. The Labute approximate surface area is 118 Å². The van der Waals surface area contributed by atoms with E-state index in [-0.39, 0.29) is 5.82 Å². The number of hydrogen-bond acceptors (Lipinski definition) is 2. The Morgan fingerprint density at radius 3 is 2.53 bits per heavy atom. The van der Waals surface area contributed by atoms with Gasteiger partial charge >= 0.3 is 0 Å². The fourth-order valence-corrected chi connectivity index (χ4v) is 3.59. The zero-order valence-electron chi connectivity index (χ0n) is 12.0. The van der Waals surface area contributed by atoms with E-state index in [2.05, 4.69) is 24.2 Å². The zero-order valence-corrected chi connectivity index (χ0v) is 12.8. The third-order valence-corrected chi connectivity index (χ3v) is 4.33. The smallest absolute Gasteiger partial charge is 0.157 e. The lowest BCUT2D eigenvalue weighted by Gasteiger charge is -2.26. The SMILES string of the molecule is Cc1cc(CN=C2NC(C)CC(C)S2)cc(C)c1F. The van der Waals surface area contributed by atoms with Gasteiger partial charge in [0.25, 0.3) is 0 Å². The topological polar surface area (TPSA) is 24.4 Å². The molecule has 2 unspecified atom stereocenters. The molecule has 0 aromatic heterocycles. The minimum Gasteiger partial charge on any atom is -0.362 e. The van der Waals surface area contributed by atoms with Crippen LogP contribution >= 0.6 is 11.8 Å². The van der Waals surface area contributed by atoms with Crippen LogP contribution in [-0.2, 0) is 6.54 Å². The Balaban J connectivity index is 2.09. The quantitative estimate of drug-likeness (QED) is 0.891. The summed E-state index contributed by atoms with van der Waals surface area (Å²) in [5.41, 5.74) is 2.46. The standard InChI is InChI=1S/C15H21FN2S/c1-9-5-13(6-10(2)14(9)16)8-17-15-18-11(3)7-12(4)19-15/h5-6,11-12H,7-8H2,1-4H3,(H,17,18). The Hall–Kier alpha value is -1.03. The number of nitrogens with zero attached hydrogens (tertiary/aromatic N) is 1. The van der Waals surface area contributed by atoms with Crippen LogP contribution in [0.15, 0.2) is 17.1 Å². The van der Waals surface area contributed by atoms with E-state index in [9.17, 15) is 4.39 Å². The molecule has 1 saturated heterocycles. The van der Waals surface area contributed by atoms with Crippen molar-refractivity contribution in [2.24, 2.45) is 4.99 Å². The molecule has 1 aliphatic heterocycles. The summed E-state index contributed by atoms with van der Waals surface area (Å²) in [5, 5.41) is 5.01. The highest BCUT2D eigenvalue weighted by Gasteiger charge is 2.19. The molecule has 0 aliphatic carbocycles. The van der Waals surface area contributed by atoms with E-state index in [1.165, 1.54) is 6.42 Å². The maximum absolute atomic E-state index is 13.6. The lowest BCUT2D eigenvalue weighted by Crippen LogP contribution is -2.38. The normalized spacial score (nSPS) is 25.4. The van der Waals surface area contributed by atoms with E-state index >= 15 is 0 Å². The van der Waals surface area contributed by atoms with Gasteiger partial charge in [-0.15, -0.1) is 0 Å². The second kappa shape index (κ2) is 5.95. The first-order valence-electron chi connectivity index (χ1n) is 6.69. The Morgan fingerprint density at radius 1 is 1.32 bits per heavy atom. The van der Waals surface area contributed by atoms with E-state index in [0.29, 0.717) is 29.0 Å². The molecule has 1 heterocycles. The van der Waals surface area contributed by atoms with Crippen LogP contribution in [0, 0.1) is 19.7 Å². The second-order valence-electron chi connectivity index (χ2n) is 5.37. The van der Waals surface area contributed by atoms with Crippen LogP contribution in [0.3, 0.4) is 0 Å². The Morgan fingerprint density at radius 2 is 1.95 bits per heavy atom. The molecule has 1 N–H and O–H groups in total. The van der Waals surface area contributed by atoms with Crippen LogP contribution in [0.4, 0.5) is 4.39 Å². The second-order valence-corrected chi connectivity index (χ2v) is 6.80. The van der Waals surface area contributed by atoms with Gasteiger partial charge < -0.3 is 5.32 Å². The van der Waals surface area contributed by atoms with Crippen molar-refractivity contribution in [3.05, 3.63) is 34.6 Å². The number of aliphatic imine (C=N–C) groups is 1. The predicted octanol–water partition coefficient (Wildman–Crippen LogP) is 3.80. The fourth-order valence-electron chi connectivity index (χ4n) is 2.41. The highest BCUT2D eigenvalue weighted by atomic mass is 32.2. The minimum atomic E-state index is -0.108. The van der Waals surface area contributed by atoms with Crippen molar-refractivity contribution < 1.29 is 4.39 Å². The molecule has 0 bridgehead atoms. The van der Waals surface area contributed by atoms with Gasteiger partial charge in [0, 0.05) is 11.3 Å². The molecular formula is C15H21FN2S. The first-order chi connectivity index (χ1) is 8.95. The molecule has 0 spiro atoms. The van der Waals surface area contributed by atoms with Gasteiger partial charge in [-0.1, -0.05) is 30.8 Å². The Bertz CT molecular complexity index is 464. The van der Waals surface area contributed by atoms with Gasteiger partial charge in [0.2, 0.25) is 0 Å². The molecule has 2 nitrogen and oxygen atoms in total. The third-order valence-electron chi connectivity index (χ3n) is 3.27. The number of nitrogens with one attached hydrogen (secondary N) is 1. The van der Waals surface area contributed by atoms with Crippen molar-refractivity contribution in [2.75, 3.05) is 0 Å². The minimum absolute atomic E-state index is 0.108. The molecule has 0 amide bonds. The molecule has 1 aromatic rings. The van der Waals surface area contributed by atoms with Crippen LogP contribution in [-0.4, -0.2) is 16.5 Å². The molecule has 0 saturated carbocycles. The van der Waals surface area contributed by atoms with Gasteiger partial charge in [-0.3, -0.25) is 4.99 Å². The first kappa shape index (κ1) is 14.4. The average Bonchev–Trinajstić information content (AvgIpc) is 2.32. The number of thioether (sulfide) groups is 1. The maximum atomic E-state index is 13.6. The van der Waals surface area contributed by atoms with E-state index in [0.717, 1.165) is 10.7 Å². The molecule has 0 radical (unpaired) electrons. The van der Waals surface area contributed by atoms with Crippen molar-refractivity contribution in [1.82, 2.24) is 5.32 Å². The fraction of sp³-hybridized carbons (Fsp3) is 0.533. The van der Waals surface area contributed by atoms with E-state index < -0.39 is 0 Å².